The van der Waals surface area contributed by atoms with Gasteiger partial charge in [-0.05, 0) is 13.3 Å². The minimum absolute atomic E-state index is 0.633. The number of aryl methyl sites for hydroxylation is 1. The minimum Gasteiger partial charge on any atom is -0.245 e. The van der Waals surface area contributed by atoms with Crippen LogP contribution in [0.5, 0.6) is 0 Å². The molecule has 0 fully saturated rings. The lowest BCUT2D eigenvalue weighted by Crippen LogP contribution is -1.99. The monoisotopic (exact) mass is 222 g/mol. The van der Waals surface area contributed by atoms with Crippen LogP contribution in [0.25, 0.3) is 5.82 Å². The molecule has 78 valence electrons. The van der Waals surface area contributed by atoms with E-state index in [1.165, 1.54) is 6.33 Å². The van der Waals surface area contributed by atoms with Crippen molar-refractivity contribution in [2.24, 2.45) is 0 Å². The van der Waals surface area contributed by atoms with Crippen molar-refractivity contribution in [3.8, 4) is 5.82 Å². The molecule has 5 heteroatoms. The van der Waals surface area contributed by atoms with Crippen LogP contribution in [-0.4, -0.2) is 19.7 Å². The van der Waals surface area contributed by atoms with Crippen LogP contribution in [-0.2, 0) is 6.42 Å². The van der Waals surface area contributed by atoms with Crippen LogP contribution in [0.2, 0.25) is 5.15 Å². The Morgan fingerprint density at radius 2 is 2.27 bits per heavy atom. The zero-order chi connectivity index (χ0) is 10.8. The van der Waals surface area contributed by atoms with Crippen molar-refractivity contribution < 1.29 is 0 Å². The zero-order valence-electron chi connectivity index (χ0n) is 8.61. The van der Waals surface area contributed by atoms with Crippen LogP contribution in [0.15, 0.2) is 18.6 Å². The first-order chi connectivity index (χ1) is 7.24. The van der Waals surface area contributed by atoms with Gasteiger partial charge in [-0.3, -0.25) is 0 Å². The molecule has 0 aliphatic heterocycles. The fraction of sp³-hybridized carbons (Fsp3) is 0.300. The van der Waals surface area contributed by atoms with Crippen LogP contribution < -0.4 is 0 Å². The van der Waals surface area contributed by atoms with Crippen LogP contribution >= 0.6 is 11.6 Å². The molecule has 2 rings (SSSR count). The molecule has 0 unspecified atom stereocenters. The van der Waals surface area contributed by atoms with E-state index in [1.54, 1.807) is 16.9 Å². The molecular weight excluding hydrogens is 212 g/mol. The molecule has 4 nitrogen and oxygen atoms in total. The molecule has 2 heterocycles. The molecular formula is C10H11ClN4. The summed E-state index contributed by atoms with van der Waals surface area (Å²) < 4.78 is 1.64. The summed E-state index contributed by atoms with van der Waals surface area (Å²) in [7, 11) is 0. The fourth-order valence-electron chi connectivity index (χ4n) is 1.49. The normalized spacial score (nSPS) is 10.6. The molecule has 0 saturated carbocycles. The molecule has 0 aliphatic carbocycles. The van der Waals surface area contributed by atoms with E-state index in [4.69, 9.17) is 11.6 Å². The highest BCUT2D eigenvalue weighted by Crippen LogP contribution is 2.22. The van der Waals surface area contributed by atoms with Crippen LogP contribution in [0, 0.1) is 6.92 Å². The van der Waals surface area contributed by atoms with E-state index in [9.17, 15) is 0 Å². The van der Waals surface area contributed by atoms with Crippen molar-refractivity contribution in [3.05, 3.63) is 35.0 Å². The van der Waals surface area contributed by atoms with E-state index in [1.807, 2.05) is 6.92 Å². The first kappa shape index (κ1) is 10.1. The Morgan fingerprint density at radius 3 is 2.80 bits per heavy atom. The molecule has 2 aromatic heterocycles. The van der Waals surface area contributed by atoms with E-state index in [0.29, 0.717) is 11.0 Å². The molecule has 0 bridgehead atoms. The number of aromatic nitrogens is 4. The molecule has 0 saturated heterocycles. The van der Waals surface area contributed by atoms with Gasteiger partial charge in [-0.15, -0.1) is 0 Å². The second-order valence-corrected chi connectivity index (χ2v) is 3.55. The maximum Gasteiger partial charge on any atom is 0.158 e. The third kappa shape index (κ3) is 1.72. The molecule has 0 aromatic carbocycles. The highest BCUT2D eigenvalue weighted by molar-refractivity contribution is 6.30. The molecule has 0 radical (unpaired) electrons. The summed E-state index contributed by atoms with van der Waals surface area (Å²) in [6.45, 7) is 4.00. The second kappa shape index (κ2) is 3.98. The Kier molecular flexibility index (Phi) is 2.68. The Morgan fingerprint density at radius 1 is 1.47 bits per heavy atom. The van der Waals surface area contributed by atoms with Crippen molar-refractivity contribution in [3.63, 3.8) is 0 Å². The van der Waals surface area contributed by atoms with Gasteiger partial charge in [-0.25, -0.2) is 14.6 Å². The van der Waals surface area contributed by atoms with E-state index >= 15 is 0 Å². The molecule has 0 N–H and O–H groups in total. The summed E-state index contributed by atoms with van der Waals surface area (Å²) in [4.78, 5) is 7.96. The van der Waals surface area contributed by atoms with Crippen LogP contribution in [0.1, 0.15) is 18.2 Å². The topological polar surface area (TPSA) is 43.6 Å². The third-order valence-electron chi connectivity index (χ3n) is 2.26. The lowest BCUT2D eigenvalue weighted by Gasteiger charge is -2.00. The molecule has 0 atom stereocenters. The smallest absolute Gasteiger partial charge is 0.158 e. The zero-order valence-corrected chi connectivity index (χ0v) is 9.36. The van der Waals surface area contributed by atoms with Crippen molar-refractivity contribution in [1.29, 1.82) is 0 Å². The average Bonchev–Trinajstić information content (AvgIpc) is 2.55. The minimum atomic E-state index is 0.633. The van der Waals surface area contributed by atoms with Crippen molar-refractivity contribution in [2.45, 2.75) is 20.3 Å². The van der Waals surface area contributed by atoms with Gasteiger partial charge in [-0.1, -0.05) is 18.5 Å². The van der Waals surface area contributed by atoms with Gasteiger partial charge in [-0.2, -0.15) is 5.10 Å². The Balaban J connectivity index is 2.55. The van der Waals surface area contributed by atoms with Gasteiger partial charge in [0.25, 0.3) is 0 Å². The number of rotatable bonds is 2. The lowest BCUT2D eigenvalue weighted by molar-refractivity contribution is 0.826. The Hall–Kier alpha value is -1.42. The summed E-state index contributed by atoms with van der Waals surface area (Å²) in [6.07, 6.45) is 4.02. The van der Waals surface area contributed by atoms with Gasteiger partial charge in [0.05, 0.1) is 5.69 Å². The quantitative estimate of drug-likeness (QED) is 0.783. The lowest BCUT2D eigenvalue weighted by atomic mass is 10.2. The van der Waals surface area contributed by atoms with Crippen molar-refractivity contribution >= 4 is 11.6 Å². The highest BCUT2D eigenvalue weighted by Gasteiger charge is 2.13. The van der Waals surface area contributed by atoms with Gasteiger partial charge in [0, 0.05) is 17.8 Å². The summed E-state index contributed by atoms with van der Waals surface area (Å²) in [5, 5.41) is 4.98. The summed E-state index contributed by atoms with van der Waals surface area (Å²) in [6, 6.07) is 1.78. The van der Waals surface area contributed by atoms with Crippen LogP contribution in [0.3, 0.4) is 0 Å². The first-order valence-corrected chi connectivity index (χ1v) is 5.12. The summed E-state index contributed by atoms with van der Waals surface area (Å²) >= 11 is 6.20. The van der Waals surface area contributed by atoms with E-state index < -0.39 is 0 Å². The van der Waals surface area contributed by atoms with Crippen molar-refractivity contribution in [2.75, 3.05) is 0 Å². The summed E-state index contributed by atoms with van der Waals surface area (Å²) in [5.74, 6) is 0.692. The average molecular weight is 223 g/mol. The summed E-state index contributed by atoms with van der Waals surface area (Å²) in [5.41, 5.74) is 2.01. The first-order valence-electron chi connectivity index (χ1n) is 4.74. The molecule has 15 heavy (non-hydrogen) atoms. The number of hydrogen-bond acceptors (Lipinski definition) is 3. The van der Waals surface area contributed by atoms with Gasteiger partial charge in [0.15, 0.2) is 5.82 Å². The standard InChI is InChI=1S/C10H11ClN4/c1-3-8-7(2)14-15(10(8)11)9-4-5-12-6-13-9/h4-6H,3H2,1-2H3. The SMILES string of the molecule is CCc1c(C)nn(-c2ccncn2)c1Cl. The highest BCUT2D eigenvalue weighted by atomic mass is 35.5. The molecule has 0 spiro atoms. The molecule has 0 aliphatic rings. The van der Waals surface area contributed by atoms with E-state index in [0.717, 1.165) is 17.7 Å². The molecule has 2 aromatic rings. The van der Waals surface area contributed by atoms with Gasteiger partial charge in [0.1, 0.15) is 11.5 Å². The van der Waals surface area contributed by atoms with Gasteiger partial charge < -0.3 is 0 Å². The maximum absolute atomic E-state index is 6.20. The largest absolute Gasteiger partial charge is 0.245 e. The van der Waals surface area contributed by atoms with Crippen molar-refractivity contribution in [1.82, 2.24) is 19.7 Å². The number of hydrogen-bond donors (Lipinski definition) is 0. The maximum atomic E-state index is 6.20. The Bertz CT molecular complexity index is 464. The third-order valence-corrected chi connectivity index (χ3v) is 2.65. The Labute approximate surface area is 92.9 Å². The van der Waals surface area contributed by atoms with Crippen LogP contribution in [0.4, 0.5) is 0 Å². The fourth-order valence-corrected chi connectivity index (χ4v) is 1.89. The molecule has 0 amide bonds. The van der Waals surface area contributed by atoms with Gasteiger partial charge in [0.2, 0.25) is 0 Å². The van der Waals surface area contributed by atoms with E-state index in [2.05, 4.69) is 22.0 Å². The van der Waals surface area contributed by atoms with Gasteiger partial charge >= 0.3 is 0 Å². The van der Waals surface area contributed by atoms with E-state index in [-0.39, 0.29) is 0 Å². The number of nitrogens with zero attached hydrogens (tertiary/aromatic N) is 4. The predicted octanol–water partition coefficient (Wildman–Crippen LogP) is 2.19. The number of halogens is 1. The predicted molar refractivity (Wildman–Crippen MR) is 58.3 cm³/mol. The second-order valence-electron chi connectivity index (χ2n) is 3.19.